The molecule has 1 aliphatic heterocycles. The monoisotopic (exact) mass is 259 g/mol. The topological polar surface area (TPSA) is 117 Å². The third-order valence-electron chi connectivity index (χ3n) is 2.91. The minimum Gasteiger partial charge on any atom is -0.393 e. The summed E-state index contributed by atoms with van der Waals surface area (Å²) in [6.07, 6.45) is 3.00. The van der Waals surface area contributed by atoms with Crippen LogP contribution < -0.4 is 5.56 Å². The lowest BCUT2D eigenvalue weighted by atomic mass is 10.2. The molecule has 96 valence electrons. The number of hydrogen-bond donors (Lipinski definition) is 2. The van der Waals surface area contributed by atoms with E-state index < -0.39 is 12.3 Å². The number of hydrogen-bond acceptors (Lipinski definition) is 6. The second kappa shape index (κ2) is 4.31. The zero-order valence-electron chi connectivity index (χ0n) is 9.65. The molecule has 2 atom stereocenters. The molecule has 3 heterocycles. The smallest absolute Gasteiger partial charge is 0.278 e. The number of ether oxygens (including phenoxy) is 1. The average molecular weight is 259 g/mol. The van der Waals surface area contributed by atoms with Gasteiger partial charge in [0.2, 0.25) is 0 Å². The van der Waals surface area contributed by atoms with Gasteiger partial charge in [0.1, 0.15) is 6.10 Å². The van der Waals surface area contributed by atoms with Crippen molar-refractivity contribution in [2.24, 2.45) is 0 Å². The number of nitrogens with one attached hydrogen (secondary N) is 1. The van der Waals surface area contributed by atoms with E-state index in [1.807, 2.05) is 6.07 Å². The van der Waals surface area contributed by atoms with E-state index in [-0.39, 0.29) is 17.7 Å². The number of aromatic nitrogens is 4. The third-order valence-corrected chi connectivity index (χ3v) is 2.91. The lowest BCUT2D eigenvalue weighted by Crippen LogP contribution is -2.18. The van der Waals surface area contributed by atoms with E-state index >= 15 is 0 Å². The summed E-state index contributed by atoms with van der Waals surface area (Å²) in [5.41, 5.74) is 0.565. The maximum absolute atomic E-state index is 11.5. The van der Waals surface area contributed by atoms with Gasteiger partial charge in [0.05, 0.1) is 30.9 Å². The first-order chi connectivity index (χ1) is 9.24. The van der Waals surface area contributed by atoms with Crippen LogP contribution in [0.1, 0.15) is 6.23 Å². The fraction of sp³-hybridized carbons (Fsp3) is 0.273. The Bertz CT molecular complexity index is 754. The summed E-state index contributed by atoms with van der Waals surface area (Å²) < 4.78 is 7.05. The van der Waals surface area contributed by atoms with Gasteiger partial charge in [-0.2, -0.15) is 5.26 Å². The Kier molecular flexibility index (Phi) is 2.63. The van der Waals surface area contributed by atoms with E-state index in [1.54, 1.807) is 6.08 Å². The number of nitrogens with zero attached hydrogens (tertiary/aromatic N) is 4. The van der Waals surface area contributed by atoms with Gasteiger partial charge in [-0.1, -0.05) is 0 Å². The summed E-state index contributed by atoms with van der Waals surface area (Å²) in [5.74, 6) is 0. The summed E-state index contributed by atoms with van der Waals surface area (Å²) in [6.45, 7) is -0.281. The zero-order chi connectivity index (χ0) is 13.4. The fourth-order valence-corrected chi connectivity index (χ4v) is 1.99. The van der Waals surface area contributed by atoms with Crippen molar-refractivity contribution in [3.8, 4) is 6.07 Å². The molecule has 3 rings (SSSR count). The Balaban J connectivity index is 2.08. The summed E-state index contributed by atoms with van der Waals surface area (Å²) >= 11 is 0. The van der Waals surface area contributed by atoms with Crippen LogP contribution in [-0.2, 0) is 4.74 Å². The van der Waals surface area contributed by atoms with E-state index in [1.165, 1.54) is 17.2 Å². The highest BCUT2D eigenvalue weighted by atomic mass is 16.5. The van der Waals surface area contributed by atoms with Gasteiger partial charge in [-0.15, -0.1) is 0 Å². The van der Waals surface area contributed by atoms with Crippen LogP contribution in [0.25, 0.3) is 11.2 Å². The van der Waals surface area contributed by atoms with Crippen molar-refractivity contribution in [3.63, 3.8) is 0 Å². The largest absolute Gasteiger partial charge is 0.393 e. The number of aromatic amines is 1. The molecular weight excluding hydrogens is 250 g/mol. The Morgan fingerprint density at radius 1 is 1.58 bits per heavy atom. The number of H-pyrrole nitrogens is 1. The molecule has 2 N–H and O–H groups in total. The molecule has 0 radical (unpaired) electrons. The van der Waals surface area contributed by atoms with Crippen LogP contribution in [0.4, 0.5) is 0 Å². The number of aliphatic hydroxyl groups is 1. The number of aliphatic hydroxyl groups excluding tert-OH is 1. The van der Waals surface area contributed by atoms with Gasteiger partial charge in [-0.3, -0.25) is 9.36 Å². The first kappa shape index (κ1) is 11.6. The molecule has 2 aromatic heterocycles. The van der Waals surface area contributed by atoms with E-state index in [0.717, 1.165) is 0 Å². The molecule has 0 amide bonds. The molecule has 0 aromatic carbocycles. The lowest BCUT2D eigenvalue weighted by Gasteiger charge is -2.13. The van der Waals surface area contributed by atoms with Crippen molar-refractivity contribution in [1.82, 2.24) is 19.5 Å². The molecule has 0 aliphatic carbocycles. The van der Waals surface area contributed by atoms with E-state index in [9.17, 15) is 4.79 Å². The molecule has 1 aliphatic rings. The van der Waals surface area contributed by atoms with E-state index in [0.29, 0.717) is 11.2 Å². The molecule has 0 bridgehead atoms. The molecule has 0 saturated carbocycles. The molecule has 0 spiro atoms. The summed E-state index contributed by atoms with van der Waals surface area (Å²) in [4.78, 5) is 22.0. The summed E-state index contributed by atoms with van der Waals surface area (Å²) in [7, 11) is 0. The zero-order valence-corrected chi connectivity index (χ0v) is 9.65. The summed E-state index contributed by atoms with van der Waals surface area (Å²) in [5, 5.41) is 18.1. The lowest BCUT2D eigenvalue weighted by molar-refractivity contribution is -0.00871. The number of rotatable bonds is 2. The molecule has 0 saturated heterocycles. The van der Waals surface area contributed by atoms with Crippen molar-refractivity contribution >= 4 is 11.2 Å². The van der Waals surface area contributed by atoms with Crippen molar-refractivity contribution in [3.05, 3.63) is 34.7 Å². The van der Waals surface area contributed by atoms with Gasteiger partial charge >= 0.3 is 0 Å². The van der Waals surface area contributed by atoms with Crippen molar-refractivity contribution < 1.29 is 9.84 Å². The molecule has 0 unspecified atom stereocenters. The normalized spacial score (nSPS) is 22.4. The predicted molar refractivity (Wildman–Crippen MR) is 62.8 cm³/mol. The van der Waals surface area contributed by atoms with Crippen molar-refractivity contribution in [2.75, 3.05) is 6.61 Å². The highest BCUT2D eigenvalue weighted by Gasteiger charge is 2.29. The maximum Gasteiger partial charge on any atom is 0.278 e. The van der Waals surface area contributed by atoms with Gasteiger partial charge in [0.15, 0.2) is 17.4 Å². The van der Waals surface area contributed by atoms with Gasteiger partial charge in [-0.25, -0.2) is 9.97 Å². The quantitative estimate of drug-likeness (QED) is 0.748. The van der Waals surface area contributed by atoms with Crippen LogP contribution in [0.2, 0.25) is 0 Å². The van der Waals surface area contributed by atoms with Gasteiger partial charge < -0.3 is 14.8 Å². The Morgan fingerprint density at radius 3 is 3.11 bits per heavy atom. The maximum atomic E-state index is 11.5. The minimum atomic E-state index is -0.658. The fourth-order valence-electron chi connectivity index (χ4n) is 1.99. The first-order valence-corrected chi connectivity index (χ1v) is 5.53. The van der Waals surface area contributed by atoms with Crippen LogP contribution in [0.15, 0.2) is 29.1 Å². The Morgan fingerprint density at radius 2 is 2.42 bits per heavy atom. The van der Waals surface area contributed by atoms with Crippen LogP contribution in [-0.4, -0.2) is 37.3 Å². The summed E-state index contributed by atoms with van der Waals surface area (Å²) in [6, 6.07) is 1.97. The third kappa shape index (κ3) is 1.72. The Hall–Kier alpha value is -2.50. The van der Waals surface area contributed by atoms with Gasteiger partial charge in [0, 0.05) is 0 Å². The number of imidazole rings is 1. The van der Waals surface area contributed by atoms with Crippen LogP contribution in [0, 0.1) is 11.3 Å². The molecule has 8 heteroatoms. The SMILES string of the molecule is N#CC1=C[C@@H](n2cnc3c(=O)[nH]cnc32)O[C@H]1CO. The second-order valence-electron chi connectivity index (χ2n) is 3.99. The van der Waals surface area contributed by atoms with E-state index in [4.69, 9.17) is 15.1 Å². The number of nitriles is 1. The van der Waals surface area contributed by atoms with E-state index in [2.05, 4.69) is 15.0 Å². The molecule has 2 aromatic rings. The molecular formula is C11H9N5O3. The van der Waals surface area contributed by atoms with Crippen LogP contribution in [0.3, 0.4) is 0 Å². The first-order valence-electron chi connectivity index (χ1n) is 5.53. The van der Waals surface area contributed by atoms with Crippen molar-refractivity contribution in [1.29, 1.82) is 5.26 Å². The standard InChI is InChI=1S/C11H9N5O3/c12-2-6-1-8(19-7(6)3-17)16-5-15-9-10(16)13-4-14-11(9)18/h1,4-5,7-8,17H,3H2,(H,13,14,18)/t7-,8-/m0/s1. The highest BCUT2D eigenvalue weighted by Crippen LogP contribution is 2.28. The number of fused-ring (bicyclic) bond motifs is 1. The average Bonchev–Trinajstić information content (AvgIpc) is 3.02. The molecule has 19 heavy (non-hydrogen) atoms. The molecule has 8 nitrogen and oxygen atoms in total. The van der Waals surface area contributed by atoms with Gasteiger partial charge in [0.25, 0.3) is 5.56 Å². The molecule has 0 fully saturated rings. The van der Waals surface area contributed by atoms with Gasteiger partial charge in [-0.05, 0) is 6.08 Å². The predicted octanol–water partition coefficient (Wildman–Crippen LogP) is -0.541. The Labute approximate surface area is 106 Å². The van der Waals surface area contributed by atoms with Crippen molar-refractivity contribution in [2.45, 2.75) is 12.3 Å². The highest BCUT2D eigenvalue weighted by molar-refractivity contribution is 5.69. The van der Waals surface area contributed by atoms with Crippen LogP contribution >= 0.6 is 0 Å². The minimum absolute atomic E-state index is 0.199. The second-order valence-corrected chi connectivity index (χ2v) is 3.99. The van der Waals surface area contributed by atoms with Crippen LogP contribution in [0.5, 0.6) is 0 Å².